The highest BCUT2D eigenvalue weighted by Gasteiger charge is 2.40. The first-order valence-electron chi connectivity index (χ1n) is 5.91. The topological polar surface area (TPSA) is 59.1 Å². The second-order valence-corrected chi connectivity index (χ2v) is 4.50. The van der Waals surface area contributed by atoms with Crippen LogP contribution in [0.5, 0.6) is 0 Å². The lowest BCUT2D eigenvalue weighted by atomic mass is 9.97. The molecule has 0 aromatic rings. The molecule has 0 aliphatic carbocycles. The van der Waals surface area contributed by atoms with Gasteiger partial charge < -0.3 is 14.4 Å². The van der Waals surface area contributed by atoms with Gasteiger partial charge in [0.25, 0.3) is 0 Å². The molecular formula is C11H18N2O4. The first-order chi connectivity index (χ1) is 8.13. The molecule has 2 aliphatic heterocycles. The Morgan fingerprint density at radius 2 is 2.18 bits per heavy atom. The first kappa shape index (κ1) is 12.0. The van der Waals surface area contributed by atoms with E-state index in [0.717, 1.165) is 25.8 Å². The van der Waals surface area contributed by atoms with E-state index in [1.165, 1.54) is 12.0 Å². The highest BCUT2D eigenvalue weighted by Crippen LogP contribution is 2.28. The summed E-state index contributed by atoms with van der Waals surface area (Å²) in [6, 6.07) is 0.136. The van der Waals surface area contributed by atoms with E-state index in [2.05, 4.69) is 4.74 Å². The van der Waals surface area contributed by atoms with E-state index < -0.39 is 12.4 Å². The normalized spacial score (nSPS) is 28.7. The molecule has 0 aromatic carbocycles. The third kappa shape index (κ3) is 2.30. The van der Waals surface area contributed by atoms with Gasteiger partial charge in [0.2, 0.25) is 0 Å². The maximum atomic E-state index is 12.1. The molecule has 2 atom stereocenters. The van der Waals surface area contributed by atoms with Crippen molar-refractivity contribution in [2.24, 2.45) is 0 Å². The number of hydrogen-bond acceptors (Lipinski definition) is 4. The van der Waals surface area contributed by atoms with E-state index in [-0.39, 0.29) is 12.1 Å². The van der Waals surface area contributed by atoms with Crippen LogP contribution < -0.4 is 0 Å². The monoisotopic (exact) mass is 242 g/mol. The van der Waals surface area contributed by atoms with Crippen LogP contribution in [0.25, 0.3) is 0 Å². The Hall–Kier alpha value is -1.46. The van der Waals surface area contributed by atoms with Crippen LogP contribution >= 0.6 is 0 Å². The van der Waals surface area contributed by atoms with Gasteiger partial charge in [-0.15, -0.1) is 0 Å². The molecule has 2 fully saturated rings. The van der Waals surface area contributed by atoms with Gasteiger partial charge in [-0.1, -0.05) is 0 Å². The third-order valence-corrected chi connectivity index (χ3v) is 3.48. The van der Waals surface area contributed by atoms with Gasteiger partial charge in [0.05, 0.1) is 7.11 Å². The van der Waals surface area contributed by atoms with Crippen LogP contribution in [0, 0.1) is 0 Å². The van der Waals surface area contributed by atoms with Crippen molar-refractivity contribution in [1.82, 2.24) is 9.80 Å². The fourth-order valence-corrected chi connectivity index (χ4v) is 2.50. The van der Waals surface area contributed by atoms with Crippen LogP contribution in [0.15, 0.2) is 0 Å². The van der Waals surface area contributed by atoms with E-state index in [1.54, 1.807) is 7.05 Å². The zero-order valence-corrected chi connectivity index (χ0v) is 10.2. The highest BCUT2D eigenvalue weighted by molar-refractivity contribution is 5.76. The quantitative estimate of drug-likeness (QED) is 0.652. The molecule has 6 heteroatoms. The van der Waals surface area contributed by atoms with Crippen molar-refractivity contribution >= 4 is 12.2 Å². The SMILES string of the molecule is COC(=O)OC1CC2CCCCN2C(=O)N1C. The fourth-order valence-electron chi connectivity index (χ4n) is 2.50. The number of ether oxygens (including phenoxy) is 2. The van der Waals surface area contributed by atoms with Gasteiger partial charge in [-0.2, -0.15) is 0 Å². The Morgan fingerprint density at radius 1 is 1.41 bits per heavy atom. The third-order valence-electron chi connectivity index (χ3n) is 3.48. The Bertz CT molecular complexity index is 321. The zero-order valence-electron chi connectivity index (χ0n) is 10.2. The minimum absolute atomic E-state index is 0.0603. The second kappa shape index (κ2) is 4.81. The summed E-state index contributed by atoms with van der Waals surface area (Å²) in [5.41, 5.74) is 0. The lowest BCUT2D eigenvalue weighted by molar-refractivity contribution is -0.0608. The van der Waals surface area contributed by atoms with Crippen LogP contribution in [-0.4, -0.2) is 55.0 Å². The lowest BCUT2D eigenvalue weighted by Gasteiger charge is -2.45. The fraction of sp³-hybridized carbons (Fsp3) is 0.818. The Labute approximate surface area is 100 Å². The molecule has 2 saturated heterocycles. The standard InChI is InChI=1S/C11H18N2O4/c1-12-9(17-11(15)16-2)7-8-5-3-4-6-13(8)10(12)14/h8-9H,3-7H2,1-2H3. The smallest absolute Gasteiger partial charge is 0.438 e. The molecule has 6 nitrogen and oxygen atoms in total. The maximum absolute atomic E-state index is 12.1. The first-order valence-corrected chi connectivity index (χ1v) is 5.91. The minimum atomic E-state index is -0.737. The molecule has 0 radical (unpaired) electrons. The lowest BCUT2D eigenvalue weighted by Crippen LogP contribution is -2.59. The maximum Gasteiger partial charge on any atom is 0.509 e. The summed E-state index contributed by atoms with van der Waals surface area (Å²) in [4.78, 5) is 26.5. The van der Waals surface area contributed by atoms with Crippen molar-refractivity contribution in [3.63, 3.8) is 0 Å². The molecule has 2 rings (SSSR count). The molecule has 96 valence electrons. The number of amides is 2. The summed E-state index contributed by atoms with van der Waals surface area (Å²) in [5.74, 6) is 0. The van der Waals surface area contributed by atoms with E-state index in [0.29, 0.717) is 6.42 Å². The number of urea groups is 1. The number of nitrogens with zero attached hydrogens (tertiary/aromatic N) is 2. The van der Waals surface area contributed by atoms with E-state index in [4.69, 9.17) is 4.74 Å². The predicted molar refractivity (Wildman–Crippen MR) is 59.4 cm³/mol. The molecule has 17 heavy (non-hydrogen) atoms. The number of fused-ring (bicyclic) bond motifs is 1. The zero-order chi connectivity index (χ0) is 12.4. The second-order valence-electron chi connectivity index (χ2n) is 4.50. The van der Waals surface area contributed by atoms with Crippen molar-refractivity contribution < 1.29 is 19.1 Å². The van der Waals surface area contributed by atoms with Crippen molar-refractivity contribution in [2.75, 3.05) is 20.7 Å². The molecule has 0 N–H and O–H groups in total. The van der Waals surface area contributed by atoms with Gasteiger partial charge in [-0.25, -0.2) is 9.59 Å². The summed E-state index contributed by atoms with van der Waals surface area (Å²) in [7, 11) is 2.92. The van der Waals surface area contributed by atoms with Crippen LogP contribution in [0.1, 0.15) is 25.7 Å². The van der Waals surface area contributed by atoms with E-state index in [1.807, 2.05) is 4.90 Å². The predicted octanol–water partition coefficient (Wildman–Crippen LogP) is 1.41. The number of piperidine rings is 1. The van der Waals surface area contributed by atoms with Crippen molar-refractivity contribution in [3.8, 4) is 0 Å². The molecule has 2 heterocycles. The van der Waals surface area contributed by atoms with Crippen LogP contribution in [-0.2, 0) is 9.47 Å². The number of rotatable bonds is 1. The summed E-state index contributed by atoms with van der Waals surface area (Å²) < 4.78 is 9.55. The van der Waals surface area contributed by atoms with Crippen molar-refractivity contribution in [3.05, 3.63) is 0 Å². The van der Waals surface area contributed by atoms with E-state index >= 15 is 0 Å². The van der Waals surface area contributed by atoms with Crippen LogP contribution in [0.3, 0.4) is 0 Å². The minimum Gasteiger partial charge on any atom is -0.438 e. The van der Waals surface area contributed by atoms with Crippen LogP contribution in [0.2, 0.25) is 0 Å². The number of methoxy groups -OCH3 is 1. The average molecular weight is 242 g/mol. The largest absolute Gasteiger partial charge is 0.509 e. The summed E-state index contributed by atoms with van der Waals surface area (Å²) in [5, 5.41) is 0. The molecular weight excluding hydrogens is 224 g/mol. The molecule has 0 bridgehead atoms. The summed E-state index contributed by atoms with van der Waals surface area (Å²) >= 11 is 0. The molecule has 0 aromatic heterocycles. The van der Waals surface area contributed by atoms with Crippen molar-refractivity contribution in [1.29, 1.82) is 0 Å². The average Bonchev–Trinajstić information content (AvgIpc) is 2.35. The van der Waals surface area contributed by atoms with Crippen LogP contribution in [0.4, 0.5) is 9.59 Å². The van der Waals surface area contributed by atoms with Gasteiger partial charge in [-0.05, 0) is 19.3 Å². The highest BCUT2D eigenvalue weighted by atomic mass is 16.7. The van der Waals surface area contributed by atoms with Gasteiger partial charge in [0.15, 0.2) is 6.23 Å². The van der Waals surface area contributed by atoms with Gasteiger partial charge in [0, 0.05) is 26.1 Å². The Morgan fingerprint density at radius 3 is 2.88 bits per heavy atom. The Balaban J connectivity index is 2.04. The molecule has 2 unspecified atom stereocenters. The number of carbonyl (C=O) groups is 2. The summed E-state index contributed by atoms with van der Waals surface area (Å²) in [6.07, 6.45) is 2.59. The number of hydrogen-bond donors (Lipinski definition) is 0. The molecule has 0 spiro atoms. The van der Waals surface area contributed by atoms with E-state index in [9.17, 15) is 9.59 Å². The number of carbonyl (C=O) groups excluding carboxylic acids is 2. The van der Waals surface area contributed by atoms with Gasteiger partial charge >= 0.3 is 12.2 Å². The molecule has 2 amide bonds. The van der Waals surface area contributed by atoms with Gasteiger partial charge in [-0.3, -0.25) is 4.90 Å². The van der Waals surface area contributed by atoms with Crippen molar-refractivity contribution in [2.45, 2.75) is 38.0 Å². The molecule has 0 saturated carbocycles. The molecule has 2 aliphatic rings. The van der Waals surface area contributed by atoms with Gasteiger partial charge in [0.1, 0.15) is 0 Å². The Kier molecular flexibility index (Phi) is 3.40. The summed E-state index contributed by atoms with van der Waals surface area (Å²) in [6.45, 7) is 0.804.